The van der Waals surface area contributed by atoms with E-state index in [9.17, 15) is 19.7 Å². The summed E-state index contributed by atoms with van der Waals surface area (Å²) in [5, 5.41) is 18.6. The highest BCUT2D eigenvalue weighted by Crippen LogP contribution is 2.29. The number of esters is 1. The molecule has 0 aliphatic rings. The lowest BCUT2D eigenvalue weighted by Crippen LogP contribution is -2.27. The zero-order valence-corrected chi connectivity index (χ0v) is 17.7. The number of rotatable bonds is 4. The molecule has 0 spiro atoms. The van der Waals surface area contributed by atoms with Crippen molar-refractivity contribution in [2.45, 2.75) is 52.5 Å². The van der Waals surface area contributed by atoms with Crippen molar-refractivity contribution in [3.05, 3.63) is 51.2 Å². The molecule has 156 valence electrons. The largest absolute Gasteiger partial charge is 0.465 e. The molecule has 0 saturated carbocycles. The van der Waals surface area contributed by atoms with E-state index in [0.717, 1.165) is 24.9 Å². The van der Waals surface area contributed by atoms with E-state index < -0.39 is 22.3 Å². The Bertz CT molecular complexity index is 964. The molecule has 1 N–H and O–H groups in total. The van der Waals surface area contributed by atoms with Gasteiger partial charge in [-0.2, -0.15) is 5.10 Å². The molecular weight excluding hydrogens is 376 g/mol. The fraction of sp³-hybridized carbons (Fsp3) is 0.450. The molecule has 2 aromatic rings. The maximum Gasteiger partial charge on any atom is 0.338 e. The minimum absolute atomic E-state index is 0.0291. The Hall–Kier alpha value is -3.23. The summed E-state index contributed by atoms with van der Waals surface area (Å²) in [6.45, 7) is 11.9. The van der Waals surface area contributed by atoms with E-state index in [1.54, 1.807) is 10.7 Å². The zero-order valence-electron chi connectivity index (χ0n) is 17.7. The first-order chi connectivity index (χ1) is 13.2. The highest BCUT2D eigenvalue weighted by molar-refractivity contribution is 6.06. The Kier molecular flexibility index (Phi) is 5.82. The molecule has 0 bridgehead atoms. The predicted octanol–water partition coefficient (Wildman–Crippen LogP) is 3.88. The van der Waals surface area contributed by atoms with Crippen LogP contribution in [-0.2, 0) is 15.7 Å². The van der Waals surface area contributed by atoms with Crippen LogP contribution in [0.5, 0.6) is 0 Å². The van der Waals surface area contributed by atoms with Gasteiger partial charge in [-0.05, 0) is 26.8 Å². The van der Waals surface area contributed by atoms with E-state index in [-0.39, 0.29) is 22.2 Å². The number of carbonyl (C=O) groups excluding carboxylic acids is 2. The summed E-state index contributed by atoms with van der Waals surface area (Å²) in [5.41, 5.74) is -0.342. The van der Waals surface area contributed by atoms with Crippen LogP contribution in [0.4, 0.5) is 11.5 Å². The predicted molar refractivity (Wildman–Crippen MR) is 108 cm³/mol. The van der Waals surface area contributed by atoms with Gasteiger partial charge in [-0.25, -0.2) is 9.48 Å². The van der Waals surface area contributed by atoms with Crippen LogP contribution in [-0.4, -0.2) is 33.7 Å². The first kappa shape index (κ1) is 22.1. The number of carbonyl (C=O) groups is 2. The highest BCUT2D eigenvalue weighted by Gasteiger charge is 2.26. The Balaban J connectivity index is 2.50. The third-order valence-electron chi connectivity index (χ3n) is 4.17. The van der Waals surface area contributed by atoms with Crippen LogP contribution in [0.25, 0.3) is 0 Å². The molecule has 9 nitrogen and oxygen atoms in total. The molecule has 1 amide bonds. The third kappa shape index (κ3) is 4.98. The van der Waals surface area contributed by atoms with Gasteiger partial charge >= 0.3 is 5.97 Å². The molecular formula is C20H26N4O5. The second kappa shape index (κ2) is 7.65. The molecule has 1 aromatic heterocycles. The number of ether oxygens (including phenoxy) is 1. The number of non-ortho nitro benzene ring substituents is 1. The molecule has 0 saturated heterocycles. The summed E-state index contributed by atoms with van der Waals surface area (Å²) < 4.78 is 6.32. The van der Waals surface area contributed by atoms with Crippen LogP contribution in [0.1, 0.15) is 68.0 Å². The quantitative estimate of drug-likeness (QED) is 0.471. The molecule has 0 aliphatic carbocycles. The van der Waals surface area contributed by atoms with E-state index in [2.05, 4.69) is 15.2 Å². The van der Waals surface area contributed by atoms with Gasteiger partial charge in [0.2, 0.25) is 0 Å². The van der Waals surface area contributed by atoms with Crippen molar-refractivity contribution in [3.63, 3.8) is 0 Å². The summed E-state index contributed by atoms with van der Waals surface area (Å²) in [4.78, 5) is 35.2. The molecule has 0 aliphatic heterocycles. The smallest absolute Gasteiger partial charge is 0.338 e. The molecule has 1 aromatic carbocycles. The van der Waals surface area contributed by atoms with Gasteiger partial charge in [0.1, 0.15) is 5.82 Å². The number of benzene rings is 1. The number of aromatic nitrogens is 2. The van der Waals surface area contributed by atoms with Gasteiger partial charge in [0.25, 0.3) is 11.6 Å². The van der Waals surface area contributed by atoms with Crippen molar-refractivity contribution in [1.82, 2.24) is 9.78 Å². The number of methoxy groups -OCH3 is 1. The van der Waals surface area contributed by atoms with Gasteiger partial charge in [0, 0.05) is 29.2 Å². The van der Waals surface area contributed by atoms with Crippen molar-refractivity contribution in [2.75, 3.05) is 12.4 Å². The number of nitrogens with one attached hydrogen (secondary N) is 1. The average Bonchev–Trinajstić information content (AvgIpc) is 3.05. The molecule has 0 fully saturated rings. The van der Waals surface area contributed by atoms with E-state index >= 15 is 0 Å². The summed E-state index contributed by atoms with van der Waals surface area (Å²) in [6, 6.07) is 5.22. The second-order valence-corrected chi connectivity index (χ2v) is 8.72. The minimum atomic E-state index is -0.766. The maximum absolute atomic E-state index is 12.9. The number of nitro benzene ring substituents is 1. The molecule has 0 atom stereocenters. The van der Waals surface area contributed by atoms with Crippen LogP contribution < -0.4 is 5.32 Å². The topological polar surface area (TPSA) is 116 Å². The van der Waals surface area contributed by atoms with Crippen molar-refractivity contribution in [2.24, 2.45) is 0 Å². The van der Waals surface area contributed by atoms with E-state index in [0.29, 0.717) is 5.82 Å². The van der Waals surface area contributed by atoms with Crippen LogP contribution in [0.15, 0.2) is 24.3 Å². The van der Waals surface area contributed by atoms with Gasteiger partial charge in [-0.1, -0.05) is 20.8 Å². The lowest BCUT2D eigenvalue weighted by Gasteiger charge is -2.23. The summed E-state index contributed by atoms with van der Waals surface area (Å²) in [6.07, 6.45) is 0. The van der Waals surface area contributed by atoms with Crippen molar-refractivity contribution < 1.29 is 19.2 Å². The van der Waals surface area contributed by atoms with Crippen LogP contribution in [0.3, 0.4) is 0 Å². The van der Waals surface area contributed by atoms with E-state index in [1.165, 1.54) is 6.07 Å². The Morgan fingerprint density at radius 1 is 1.07 bits per heavy atom. The number of hydrogen-bond donors (Lipinski definition) is 1. The molecule has 2 rings (SSSR count). The van der Waals surface area contributed by atoms with Gasteiger partial charge in [-0.3, -0.25) is 14.9 Å². The van der Waals surface area contributed by atoms with Gasteiger partial charge in [0.15, 0.2) is 0 Å². The van der Waals surface area contributed by atoms with Gasteiger partial charge < -0.3 is 10.1 Å². The number of anilines is 1. The fourth-order valence-electron chi connectivity index (χ4n) is 2.62. The normalized spacial score (nSPS) is 11.8. The SMILES string of the molecule is COC(=O)c1cc(C(=O)Nc2cc(C(C)(C)C)nn2C(C)(C)C)cc([N+](=O)[O-])c1. The van der Waals surface area contributed by atoms with Crippen LogP contribution in [0, 0.1) is 10.1 Å². The fourth-order valence-corrected chi connectivity index (χ4v) is 2.62. The first-order valence-electron chi connectivity index (χ1n) is 9.04. The van der Waals surface area contributed by atoms with Crippen LogP contribution >= 0.6 is 0 Å². The molecule has 1 heterocycles. The minimum Gasteiger partial charge on any atom is -0.465 e. The summed E-state index contributed by atoms with van der Waals surface area (Å²) >= 11 is 0. The van der Waals surface area contributed by atoms with Crippen molar-refractivity contribution in [3.8, 4) is 0 Å². The average molecular weight is 402 g/mol. The lowest BCUT2D eigenvalue weighted by molar-refractivity contribution is -0.384. The maximum atomic E-state index is 12.9. The Morgan fingerprint density at radius 2 is 1.66 bits per heavy atom. The number of amides is 1. The van der Waals surface area contributed by atoms with Crippen LogP contribution in [0.2, 0.25) is 0 Å². The molecule has 29 heavy (non-hydrogen) atoms. The highest BCUT2D eigenvalue weighted by atomic mass is 16.6. The number of nitrogens with zero attached hydrogens (tertiary/aromatic N) is 3. The third-order valence-corrected chi connectivity index (χ3v) is 4.17. The Labute approximate surface area is 169 Å². The molecule has 9 heteroatoms. The van der Waals surface area contributed by atoms with Gasteiger partial charge in [-0.15, -0.1) is 0 Å². The number of nitro groups is 1. The summed E-state index contributed by atoms with van der Waals surface area (Å²) in [5.74, 6) is -0.902. The number of hydrogen-bond acceptors (Lipinski definition) is 6. The summed E-state index contributed by atoms with van der Waals surface area (Å²) in [7, 11) is 1.16. The first-order valence-corrected chi connectivity index (χ1v) is 9.04. The Morgan fingerprint density at radius 3 is 2.14 bits per heavy atom. The van der Waals surface area contributed by atoms with Gasteiger partial charge in [0.05, 0.1) is 28.8 Å². The van der Waals surface area contributed by atoms with Crippen molar-refractivity contribution >= 4 is 23.4 Å². The van der Waals surface area contributed by atoms with E-state index in [4.69, 9.17) is 0 Å². The lowest BCUT2D eigenvalue weighted by atomic mass is 9.92. The van der Waals surface area contributed by atoms with E-state index in [1.807, 2.05) is 41.5 Å². The molecule has 0 radical (unpaired) electrons. The zero-order chi connectivity index (χ0) is 22.1. The monoisotopic (exact) mass is 402 g/mol. The van der Waals surface area contributed by atoms with Crippen molar-refractivity contribution in [1.29, 1.82) is 0 Å². The second-order valence-electron chi connectivity index (χ2n) is 8.72. The standard InChI is InChI=1S/C20H26N4O5/c1-19(2,3)15-11-16(23(22-15)20(4,5)6)21-17(25)12-8-13(18(26)29-7)10-14(9-12)24(27)28/h8-11H,1-7H3,(H,21,25). The molecule has 0 unspecified atom stereocenters.